The molecule has 0 spiro atoms. The normalized spacial score (nSPS) is 11.0. The van der Waals surface area contributed by atoms with Crippen molar-refractivity contribution < 1.29 is 27.6 Å². The van der Waals surface area contributed by atoms with E-state index in [4.69, 9.17) is 21.1 Å². The van der Waals surface area contributed by atoms with Crippen molar-refractivity contribution in [3.63, 3.8) is 0 Å². The molecule has 3 rings (SSSR count). The van der Waals surface area contributed by atoms with Gasteiger partial charge < -0.3 is 14.8 Å². The molecule has 0 saturated carbocycles. The molecule has 1 amide bonds. The fraction of sp³-hybridized carbons (Fsp3) is 0.0952. The Labute approximate surface area is 188 Å². The number of hydrogen-bond acceptors (Lipinski definition) is 7. The van der Waals surface area contributed by atoms with Crippen LogP contribution in [0, 0.1) is 10.1 Å². The molecule has 0 unspecified atom stereocenters. The molecule has 9 nitrogen and oxygen atoms in total. The van der Waals surface area contributed by atoms with Crippen LogP contribution in [0.4, 0.5) is 11.4 Å². The van der Waals surface area contributed by atoms with Crippen LogP contribution < -0.4 is 14.8 Å². The fourth-order valence-electron chi connectivity index (χ4n) is 2.85. The van der Waals surface area contributed by atoms with Gasteiger partial charge in [0.05, 0.1) is 34.0 Å². The van der Waals surface area contributed by atoms with Gasteiger partial charge in [-0.15, -0.1) is 0 Å². The number of hydrogen-bond donors (Lipinski definition) is 1. The molecule has 166 valence electrons. The second-order valence-corrected chi connectivity index (χ2v) is 8.78. The first kappa shape index (κ1) is 23.0. The van der Waals surface area contributed by atoms with Gasteiger partial charge in [-0.1, -0.05) is 11.6 Å². The van der Waals surface area contributed by atoms with Gasteiger partial charge in [-0.3, -0.25) is 14.9 Å². The number of nitro benzene ring substituents is 1. The van der Waals surface area contributed by atoms with Crippen molar-refractivity contribution in [3.8, 4) is 11.5 Å². The zero-order chi connectivity index (χ0) is 23.5. The molecule has 3 aromatic carbocycles. The Balaban J connectivity index is 1.80. The molecule has 0 bridgehead atoms. The lowest BCUT2D eigenvalue weighted by atomic mass is 10.1. The Hall–Kier alpha value is -3.63. The lowest BCUT2D eigenvalue weighted by Crippen LogP contribution is -2.12. The third-order valence-corrected chi connectivity index (χ3v) is 6.54. The quantitative estimate of drug-likeness (QED) is 0.397. The molecule has 0 aromatic heterocycles. The number of methoxy groups -OCH3 is 2. The zero-order valence-electron chi connectivity index (χ0n) is 16.9. The van der Waals surface area contributed by atoms with Crippen LogP contribution in [0.15, 0.2) is 70.5 Å². The Morgan fingerprint density at radius 2 is 1.53 bits per heavy atom. The summed E-state index contributed by atoms with van der Waals surface area (Å²) in [6.07, 6.45) is 0. The minimum Gasteiger partial charge on any atom is -0.493 e. The molecule has 32 heavy (non-hydrogen) atoms. The van der Waals surface area contributed by atoms with Gasteiger partial charge in [0.25, 0.3) is 11.6 Å². The molecular formula is C21H17ClN2O7S. The number of amides is 1. The molecule has 0 aliphatic heterocycles. The van der Waals surface area contributed by atoms with E-state index in [9.17, 15) is 23.3 Å². The van der Waals surface area contributed by atoms with Crippen molar-refractivity contribution in [3.05, 3.63) is 81.4 Å². The molecule has 0 atom stereocenters. The van der Waals surface area contributed by atoms with Gasteiger partial charge in [-0.25, -0.2) is 8.42 Å². The van der Waals surface area contributed by atoms with E-state index in [0.717, 1.165) is 12.1 Å². The van der Waals surface area contributed by atoms with Crippen LogP contribution in [-0.2, 0) is 9.84 Å². The van der Waals surface area contributed by atoms with E-state index in [1.807, 2.05) is 0 Å². The second-order valence-electron chi connectivity index (χ2n) is 6.43. The molecular weight excluding hydrogens is 460 g/mol. The van der Waals surface area contributed by atoms with E-state index >= 15 is 0 Å². The Morgan fingerprint density at radius 1 is 0.969 bits per heavy atom. The average Bonchev–Trinajstić information content (AvgIpc) is 2.78. The van der Waals surface area contributed by atoms with Crippen molar-refractivity contribution in [1.29, 1.82) is 0 Å². The number of carbonyl (C=O) groups excluding carboxylic acids is 1. The van der Waals surface area contributed by atoms with Gasteiger partial charge in [0, 0.05) is 23.4 Å². The van der Waals surface area contributed by atoms with E-state index in [2.05, 4.69) is 5.32 Å². The molecule has 11 heteroatoms. The molecule has 0 radical (unpaired) electrons. The van der Waals surface area contributed by atoms with Crippen LogP contribution in [0.5, 0.6) is 11.5 Å². The van der Waals surface area contributed by atoms with Crippen molar-refractivity contribution in [2.45, 2.75) is 9.79 Å². The highest BCUT2D eigenvalue weighted by Crippen LogP contribution is 2.36. The first-order valence-corrected chi connectivity index (χ1v) is 10.9. The van der Waals surface area contributed by atoms with E-state index in [1.54, 1.807) is 0 Å². The number of ether oxygens (including phenoxy) is 2. The second kappa shape index (κ2) is 9.25. The molecule has 0 aliphatic rings. The summed E-state index contributed by atoms with van der Waals surface area (Å²) in [6, 6.07) is 13.0. The monoisotopic (exact) mass is 476 g/mol. The molecule has 3 aromatic rings. The third kappa shape index (κ3) is 4.66. The lowest BCUT2D eigenvalue weighted by Gasteiger charge is -2.12. The number of nitro groups is 1. The number of benzene rings is 3. The number of nitrogens with one attached hydrogen (secondary N) is 1. The predicted molar refractivity (Wildman–Crippen MR) is 117 cm³/mol. The van der Waals surface area contributed by atoms with Crippen LogP contribution in [0.2, 0.25) is 5.02 Å². The van der Waals surface area contributed by atoms with Gasteiger partial charge in [0.15, 0.2) is 11.5 Å². The van der Waals surface area contributed by atoms with Crippen LogP contribution in [0.1, 0.15) is 10.4 Å². The maximum Gasteiger partial charge on any atom is 0.269 e. The number of non-ortho nitro benzene ring substituents is 1. The highest BCUT2D eigenvalue weighted by atomic mass is 35.5. The van der Waals surface area contributed by atoms with Gasteiger partial charge >= 0.3 is 0 Å². The minimum atomic E-state index is -3.88. The van der Waals surface area contributed by atoms with Crippen molar-refractivity contribution in [2.24, 2.45) is 0 Å². The van der Waals surface area contributed by atoms with Gasteiger partial charge in [-0.05, 0) is 48.5 Å². The van der Waals surface area contributed by atoms with Gasteiger partial charge in [0.2, 0.25) is 9.84 Å². The first-order chi connectivity index (χ1) is 15.2. The van der Waals surface area contributed by atoms with E-state index in [-0.39, 0.29) is 31.8 Å². The van der Waals surface area contributed by atoms with Crippen molar-refractivity contribution in [2.75, 3.05) is 19.5 Å². The molecule has 0 fully saturated rings. The summed E-state index contributed by atoms with van der Waals surface area (Å²) in [5.41, 5.74) is 0.357. The van der Waals surface area contributed by atoms with E-state index < -0.39 is 20.7 Å². The summed E-state index contributed by atoms with van der Waals surface area (Å²) in [4.78, 5) is 22.6. The summed E-state index contributed by atoms with van der Waals surface area (Å²) >= 11 is 6.13. The molecule has 1 N–H and O–H groups in total. The highest BCUT2D eigenvalue weighted by Gasteiger charge is 2.20. The molecule has 0 saturated heterocycles. The molecule has 0 aliphatic carbocycles. The SMILES string of the molecule is COc1cc(C(=O)Nc2ccc(S(=O)(=O)c3ccc([N+](=O)[O-])cc3)cc2)cc(Cl)c1OC. The predicted octanol–water partition coefficient (Wildman–Crippen LogP) is 4.35. The number of anilines is 1. The Kier molecular flexibility index (Phi) is 6.66. The Morgan fingerprint density at radius 3 is 2.03 bits per heavy atom. The minimum absolute atomic E-state index is 0.0292. The number of sulfone groups is 1. The van der Waals surface area contributed by atoms with Crippen LogP contribution in [-0.4, -0.2) is 33.5 Å². The smallest absolute Gasteiger partial charge is 0.269 e. The van der Waals surface area contributed by atoms with Gasteiger partial charge in [-0.2, -0.15) is 0 Å². The van der Waals surface area contributed by atoms with Crippen molar-refractivity contribution in [1.82, 2.24) is 0 Å². The third-order valence-electron chi connectivity index (χ3n) is 4.48. The number of carbonyl (C=O) groups is 1. The lowest BCUT2D eigenvalue weighted by molar-refractivity contribution is -0.384. The summed E-state index contributed by atoms with van der Waals surface area (Å²) in [7, 11) is -1.04. The number of halogens is 1. The maximum absolute atomic E-state index is 12.7. The molecule has 0 heterocycles. The van der Waals surface area contributed by atoms with Crippen molar-refractivity contribution >= 4 is 38.7 Å². The topological polar surface area (TPSA) is 125 Å². The fourth-order valence-corrected chi connectivity index (χ4v) is 4.40. The van der Waals surface area contributed by atoms with Gasteiger partial charge in [0.1, 0.15) is 0 Å². The highest BCUT2D eigenvalue weighted by molar-refractivity contribution is 7.91. The average molecular weight is 477 g/mol. The zero-order valence-corrected chi connectivity index (χ0v) is 18.4. The Bertz CT molecular complexity index is 1270. The summed E-state index contributed by atoms with van der Waals surface area (Å²) < 4.78 is 35.8. The first-order valence-electron chi connectivity index (χ1n) is 9.00. The maximum atomic E-state index is 12.7. The van der Waals surface area contributed by atoms with Crippen LogP contribution >= 0.6 is 11.6 Å². The summed E-state index contributed by atoms with van der Waals surface area (Å²) in [6.45, 7) is 0. The number of rotatable bonds is 7. The standard InChI is InChI=1S/C21H17ClN2O7S/c1-30-19-12-13(11-18(22)20(19)31-2)21(25)23-14-3-7-16(8-4-14)32(28,29)17-9-5-15(6-10-17)24(26)27/h3-12H,1-2H3,(H,23,25). The van der Waals surface area contributed by atoms with Crippen LogP contribution in [0.25, 0.3) is 0 Å². The van der Waals surface area contributed by atoms with E-state index in [1.165, 1.54) is 62.8 Å². The summed E-state index contributed by atoms with van der Waals surface area (Å²) in [5, 5.41) is 13.6. The largest absolute Gasteiger partial charge is 0.493 e. The van der Waals surface area contributed by atoms with Crippen LogP contribution in [0.3, 0.4) is 0 Å². The number of nitrogens with zero attached hydrogens (tertiary/aromatic N) is 1. The summed E-state index contributed by atoms with van der Waals surface area (Å²) in [5.74, 6) is 0.0973. The van der Waals surface area contributed by atoms with E-state index in [0.29, 0.717) is 11.4 Å².